The molecular weight excluding hydrogens is 474 g/mol. The van der Waals surface area contributed by atoms with Crippen LogP contribution in [0.4, 0.5) is 8.78 Å². The smallest absolute Gasteiger partial charge is 0.450 e. The molecule has 0 saturated carbocycles. The van der Waals surface area contributed by atoms with Crippen molar-refractivity contribution in [3.63, 3.8) is 0 Å². The molecule has 189 valence electrons. The lowest BCUT2D eigenvalue weighted by atomic mass is 9.79. The van der Waals surface area contributed by atoms with Crippen molar-refractivity contribution in [1.82, 2.24) is 15.5 Å². The average molecular weight is 500 g/mol. The van der Waals surface area contributed by atoms with Gasteiger partial charge in [0.05, 0.1) is 0 Å². The summed E-state index contributed by atoms with van der Waals surface area (Å²) in [4.78, 5) is 39.6. The minimum atomic E-state index is -2.02. The Kier molecular flexibility index (Phi) is 10.8. The van der Waals surface area contributed by atoms with E-state index >= 15 is 0 Å². The molecule has 36 heavy (non-hydrogen) atoms. The van der Waals surface area contributed by atoms with E-state index in [0.29, 0.717) is 13.9 Å². The molecule has 1 unspecified atom stereocenters. The standard InChI is InChI=1S/C23H26B2F2N3O6/c1-3-4-5-6-20(29-22(32)14-8-17(25(35)36)12-19(27)9-14)30(13-21(31)28-2)23(33)15-7-16(24-34)11-18(26)10-15/h4-5,7-12,20,34-36H,3,6,13H2,1-2H3,(H,28,31)(H,29,32)/b5-4-. The maximum atomic E-state index is 14.1. The highest BCUT2D eigenvalue weighted by Crippen LogP contribution is 2.13. The van der Waals surface area contributed by atoms with Crippen molar-refractivity contribution >= 4 is 43.2 Å². The van der Waals surface area contributed by atoms with E-state index in [9.17, 15) is 38.2 Å². The van der Waals surface area contributed by atoms with Crippen LogP contribution < -0.4 is 21.6 Å². The number of nitrogens with one attached hydrogen (secondary N) is 2. The summed E-state index contributed by atoms with van der Waals surface area (Å²) < 4.78 is 28.0. The normalized spacial score (nSPS) is 11.6. The largest absolute Gasteiger partial charge is 0.488 e. The molecule has 5 N–H and O–H groups in total. The van der Waals surface area contributed by atoms with Crippen molar-refractivity contribution in [2.45, 2.75) is 25.9 Å². The Balaban J connectivity index is 2.49. The molecular formula is C23H26B2F2N3O6. The van der Waals surface area contributed by atoms with E-state index in [4.69, 9.17) is 0 Å². The maximum absolute atomic E-state index is 14.1. The Labute approximate surface area is 208 Å². The molecule has 0 aliphatic carbocycles. The Morgan fingerprint density at radius 1 is 1.06 bits per heavy atom. The van der Waals surface area contributed by atoms with Gasteiger partial charge in [-0.25, -0.2) is 8.78 Å². The summed E-state index contributed by atoms with van der Waals surface area (Å²) in [6.45, 7) is 1.35. The minimum absolute atomic E-state index is 0.0135. The molecule has 0 saturated heterocycles. The van der Waals surface area contributed by atoms with Gasteiger partial charge in [-0.15, -0.1) is 0 Å². The van der Waals surface area contributed by atoms with Gasteiger partial charge in [-0.05, 0) is 42.2 Å². The number of amides is 3. The quantitative estimate of drug-likeness (QED) is 0.155. The molecule has 0 spiro atoms. The summed E-state index contributed by atoms with van der Waals surface area (Å²) in [6, 6.07) is 5.94. The van der Waals surface area contributed by atoms with Crippen LogP contribution in [0.1, 0.15) is 40.5 Å². The third-order valence-corrected chi connectivity index (χ3v) is 5.09. The van der Waals surface area contributed by atoms with Crippen molar-refractivity contribution in [2.24, 2.45) is 0 Å². The van der Waals surface area contributed by atoms with Crippen LogP contribution in [-0.4, -0.2) is 72.1 Å². The molecule has 2 aromatic rings. The van der Waals surface area contributed by atoms with Crippen LogP contribution in [0.15, 0.2) is 48.6 Å². The van der Waals surface area contributed by atoms with Crippen molar-refractivity contribution in [3.05, 3.63) is 71.3 Å². The van der Waals surface area contributed by atoms with Crippen LogP contribution in [-0.2, 0) is 4.79 Å². The van der Waals surface area contributed by atoms with Gasteiger partial charge in [0.1, 0.15) is 24.3 Å². The van der Waals surface area contributed by atoms with E-state index in [1.165, 1.54) is 13.1 Å². The first-order valence-electron chi connectivity index (χ1n) is 11.0. The summed E-state index contributed by atoms with van der Waals surface area (Å²) in [7, 11) is -0.0543. The van der Waals surface area contributed by atoms with E-state index < -0.39 is 49.2 Å². The number of hydrogen-bond donors (Lipinski definition) is 5. The number of allylic oxidation sites excluding steroid dienone is 1. The molecule has 13 heteroatoms. The van der Waals surface area contributed by atoms with E-state index in [1.807, 2.05) is 6.92 Å². The first-order valence-corrected chi connectivity index (χ1v) is 11.0. The molecule has 1 atom stereocenters. The number of rotatable bonds is 11. The van der Waals surface area contributed by atoms with Gasteiger partial charge in [-0.2, -0.15) is 0 Å². The fourth-order valence-electron chi connectivity index (χ4n) is 3.32. The Hall–Kier alpha value is -3.54. The summed E-state index contributed by atoms with van der Waals surface area (Å²) in [5.41, 5.74) is -0.680. The third-order valence-electron chi connectivity index (χ3n) is 5.09. The highest BCUT2D eigenvalue weighted by molar-refractivity contribution is 6.58. The zero-order chi connectivity index (χ0) is 26.8. The minimum Gasteiger partial charge on any atom is -0.450 e. The zero-order valence-corrected chi connectivity index (χ0v) is 19.7. The Bertz CT molecular complexity index is 1130. The summed E-state index contributed by atoms with van der Waals surface area (Å²) >= 11 is 0. The molecule has 0 aliphatic rings. The molecule has 0 aromatic heterocycles. The number of likely N-dealkylation sites (N-methyl/N-ethyl adjacent to an activating group) is 1. The van der Waals surface area contributed by atoms with Crippen LogP contribution in [0.2, 0.25) is 0 Å². The summed E-state index contributed by atoms with van der Waals surface area (Å²) in [5, 5.41) is 32.9. The molecule has 2 aromatic carbocycles. The SMILES string of the molecule is CC/C=C\CC(NC(=O)c1cc(F)cc(B(O)O)c1)N(CC(=O)NC)C(=O)c1cc(F)cc([B]O)c1. The zero-order valence-electron chi connectivity index (χ0n) is 19.7. The van der Waals surface area contributed by atoms with Gasteiger partial charge in [-0.1, -0.05) is 30.6 Å². The van der Waals surface area contributed by atoms with Crippen molar-refractivity contribution in [2.75, 3.05) is 13.6 Å². The summed E-state index contributed by atoms with van der Waals surface area (Å²) in [5.74, 6) is -3.95. The number of carbonyl (C=O) groups is 3. The topological polar surface area (TPSA) is 139 Å². The monoisotopic (exact) mass is 500 g/mol. The lowest BCUT2D eigenvalue weighted by molar-refractivity contribution is -0.121. The fourth-order valence-corrected chi connectivity index (χ4v) is 3.32. The molecule has 3 amide bonds. The lowest BCUT2D eigenvalue weighted by Crippen LogP contribution is -2.53. The molecule has 9 nitrogen and oxygen atoms in total. The molecule has 0 fully saturated rings. The molecule has 0 aliphatic heterocycles. The second-order valence-corrected chi connectivity index (χ2v) is 7.76. The van der Waals surface area contributed by atoms with Gasteiger partial charge >= 0.3 is 14.6 Å². The number of hydrogen-bond acceptors (Lipinski definition) is 6. The second kappa shape index (κ2) is 13.5. The fraction of sp³-hybridized carbons (Fsp3) is 0.261. The van der Waals surface area contributed by atoms with E-state index in [1.54, 1.807) is 12.2 Å². The first kappa shape index (κ1) is 28.7. The molecule has 1 radical (unpaired) electrons. The van der Waals surface area contributed by atoms with Gasteiger partial charge in [-0.3, -0.25) is 14.4 Å². The van der Waals surface area contributed by atoms with E-state index in [2.05, 4.69) is 10.6 Å². The molecule has 2 rings (SSSR count). The van der Waals surface area contributed by atoms with Crippen LogP contribution in [0, 0.1) is 11.6 Å². The summed E-state index contributed by atoms with van der Waals surface area (Å²) in [6.07, 6.45) is 2.99. The lowest BCUT2D eigenvalue weighted by Gasteiger charge is -2.31. The second-order valence-electron chi connectivity index (χ2n) is 7.76. The number of halogens is 2. The van der Waals surface area contributed by atoms with Gasteiger partial charge in [0.25, 0.3) is 11.8 Å². The van der Waals surface area contributed by atoms with Crippen LogP contribution in [0.3, 0.4) is 0 Å². The third kappa shape index (κ3) is 8.01. The van der Waals surface area contributed by atoms with Gasteiger partial charge in [0, 0.05) is 24.6 Å². The molecule has 0 heterocycles. The number of benzene rings is 2. The van der Waals surface area contributed by atoms with Crippen LogP contribution in [0.25, 0.3) is 0 Å². The van der Waals surface area contributed by atoms with Crippen LogP contribution in [0.5, 0.6) is 0 Å². The van der Waals surface area contributed by atoms with Crippen molar-refractivity contribution < 1.29 is 38.2 Å². The van der Waals surface area contributed by atoms with Gasteiger partial charge in [0.15, 0.2) is 0 Å². The highest BCUT2D eigenvalue weighted by atomic mass is 19.1. The van der Waals surface area contributed by atoms with Crippen molar-refractivity contribution in [1.29, 1.82) is 0 Å². The first-order chi connectivity index (χ1) is 17.1. The maximum Gasteiger partial charge on any atom is 0.488 e. The number of carbonyl (C=O) groups excluding carboxylic acids is 3. The van der Waals surface area contributed by atoms with Crippen LogP contribution >= 0.6 is 0 Å². The van der Waals surface area contributed by atoms with E-state index in [-0.39, 0.29) is 28.5 Å². The average Bonchev–Trinajstić information content (AvgIpc) is 2.85. The predicted octanol–water partition coefficient (Wildman–Crippen LogP) is -0.818. The highest BCUT2D eigenvalue weighted by Gasteiger charge is 2.29. The Morgan fingerprint density at radius 3 is 2.33 bits per heavy atom. The Morgan fingerprint density at radius 2 is 1.72 bits per heavy atom. The van der Waals surface area contributed by atoms with Crippen molar-refractivity contribution in [3.8, 4) is 0 Å². The van der Waals surface area contributed by atoms with Gasteiger partial charge < -0.3 is 30.6 Å². The molecule has 0 bridgehead atoms. The predicted molar refractivity (Wildman–Crippen MR) is 131 cm³/mol. The number of nitrogens with zero attached hydrogens (tertiary/aromatic N) is 1. The van der Waals surface area contributed by atoms with Gasteiger partial charge in [0.2, 0.25) is 5.91 Å². The van der Waals surface area contributed by atoms with E-state index in [0.717, 1.165) is 35.2 Å².